The summed E-state index contributed by atoms with van der Waals surface area (Å²) in [5, 5.41) is 0. The van der Waals surface area contributed by atoms with E-state index in [2.05, 4.69) is 13.8 Å². The van der Waals surface area contributed by atoms with E-state index in [-0.39, 0.29) is 18.0 Å². The summed E-state index contributed by atoms with van der Waals surface area (Å²) in [6.07, 6.45) is -1.56. The van der Waals surface area contributed by atoms with Gasteiger partial charge in [0.1, 0.15) is 12.0 Å². The Kier molecular flexibility index (Phi) is 5.71. The summed E-state index contributed by atoms with van der Waals surface area (Å²) in [5.74, 6) is -0.484. The molecule has 2 nitrogen and oxygen atoms in total. The van der Waals surface area contributed by atoms with E-state index in [9.17, 15) is 13.6 Å². The molecule has 0 aliphatic carbocycles. The molecule has 128 valence electrons. The van der Waals surface area contributed by atoms with Crippen LogP contribution in [-0.4, -0.2) is 24.4 Å². The van der Waals surface area contributed by atoms with Crippen molar-refractivity contribution in [2.75, 3.05) is 13.6 Å². The van der Waals surface area contributed by atoms with Gasteiger partial charge in [0.2, 0.25) is 0 Å². The molecule has 0 saturated heterocycles. The number of carbonyl (C=O) groups excluding carboxylic acids is 1. The lowest BCUT2D eigenvalue weighted by Crippen LogP contribution is -2.30. The molecule has 0 saturated carbocycles. The number of amides is 1. The van der Waals surface area contributed by atoms with Gasteiger partial charge >= 0.3 is 0 Å². The third-order valence-corrected chi connectivity index (χ3v) is 4.09. The van der Waals surface area contributed by atoms with Gasteiger partial charge < -0.3 is 4.90 Å². The van der Waals surface area contributed by atoms with Crippen molar-refractivity contribution >= 4 is 5.91 Å². The average Bonchev–Trinajstić information content (AvgIpc) is 2.56. The van der Waals surface area contributed by atoms with Gasteiger partial charge in [-0.1, -0.05) is 43.7 Å². The topological polar surface area (TPSA) is 20.3 Å². The lowest BCUT2D eigenvalue weighted by atomic mass is 10.0. The minimum Gasteiger partial charge on any atom is -0.338 e. The third-order valence-electron chi connectivity index (χ3n) is 4.09. The van der Waals surface area contributed by atoms with Crippen LogP contribution in [-0.2, 0) is 0 Å². The van der Waals surface area contributed by atoms with Crippen LogP contribution in [0.1, 0.15) is 53.0 Å². The second kappa shape index (κ2) is 7.56. The van der Waals surface area contributed by atoms with Gasteiger partial charge in [0, 0.05) is 18.2 Å². The van der Waals surface area contributed by atoms with Crippen LogP contribution in [0.3, 0.4) is 0 Å². The van der Waals surface area contributed by atoms with Crippen molar-refractivity contribution in [1.29, 1.82) is 0 Å². The van der Waals surface area contributed by atoms with Crippen molar-refractivity contribution in [3.63, 3.8) is 0 Å². The van der Waals surface area contributed by atoms with Crippen LogP contribution < -0.4 is 0 Å². The molecule has 1 amide bonds. The van der Waals surface area contributed by atoms with Gasteiger partial charge in [-0.2, -0.15) is 0 Å². The number of alkyl halides is 1. The molecular weight excluding hydrogens is 308 g/mol. The molecule has 0 radical (unpaired) electrons. The predicted octanol–water partition coefficient (Wildman–Crippen LogP) is 5.04. The monoisotopic (exact) mass is 331 g/mol. The molecule has 2 aromatic rings. The first-order valence-corrected chi connectivity index (χ1v) is 8.05. The Morgan fingerprint density at radius 1 is 1.12 bits per heavy atom. The molecule has 0 spiro atoms. The van der Waals surface area contributed by atoms with E-state index in [0.717, 1.165) is 11.1 Å². The van der Waals surface area contributed by atoms with E-state index in [0.29, 0.717) is 11.5 Å². The maximum absolute atomic E-state index is 14.4. The van der Waals surface area contributed by atoms with Crippen molar-refractivity contribution in [1.82, 2.24) is 4.90 Å². The standard InChI is InChI=1S/C20H23F2NO/c1-13(2)15-6-8-16(9-7-15)20(24)23(4)12-19(22)17-11-14(3)5-10-18(17)21/h5-11,13,19H,12H2,1-4H3. The summed E-state index contributed by atoms with van der Waals surface area (Å²) in [6.45, 7) is 5.74. The SMILES string of the molecule is Cc1ccc(F)c(C(F)CN(C)C(=O)c2ccc(C(C)C)cc2)c1. The molecule has 0 aliphatic heterocycles. The first-order valence-electron chi connectivity index (χ1n) is 8.05. The molecule has 24 heavy (non-hydrogen) atoms. The molecule has 2 aromatic carbocycles. The number of benzene rings is 2. The number of hydrogen-bond donors (Lipinski definition) is 0. The minimum absolute atomic E-state index is 0.00944. The molecule has 1 atom stereocenters. The Bertz CT molecular complexity index is 710. The van der Waals surface area contributed by atoms with Crippen LogP contribution in [0.15, 0.2) is 42.5 Å². The van der Waals surface area contributed by atoms with Crippen molar-refractivity contribution < 1.29 is 13.6 Å². The average molecular weight is 331 g/mol. The van der Waals surface area contributed by atoms with Crippen molar-refractivity contribution in [2.24, 2.45) is 0 Å². The van der Waals surface area contributed by atoms with Crippen LogP contribution in [0.2, 0.25) is 0 Å². The van der Waals surface area contributed by atoms with E-state index in [1.165, 1.54) is 24.1 Å². The maximum Gasteiger partial charge on any atom is 0.253 e. The second-order valence-corrected chi connectivity index (χ2v) is 6.45. The molecule has 0 bridgehead atoms. The molecular formula is C20H23F2NO. The summed E-state index contributed by atoms with van der Waals surface area (Å²) in [5.41, 5.74) is 2.41. The van der Waals surface area contributed by atoms with Gasteiger partial charge in [-0.15, -0.1) is 0 Å². The first-order chi connectivity index (χ1) is 11.3. The fourth-order valence-corrected chi connectivity index (χ4v) is 2.56. The predicted molar refractivity (Wildman–Crippen MR) is 92.5 cm³/mol. The van der Waals surface area contributed by atoms with Crippen LogP contribution in [0.5, 0.6) is 0 Å². The number of nitrogens with zero attached hydrogens (tertiary/aromatic N) is 1. The Morgan fingerprint density at radius 2 is 1.75 bits per heavy atom. The molecule has 0 N–H and O–H groups in total. The summed E-state index contributed by atoms with van der Waals surface area (Å²) >= 11 is 0. The zero-order valence-electron chi connectivity index (χ0n) is 14.5. The Hall–Kier alpha value is -2.23. The van der Waals surface area contributed by atoms with E-state index in [1.807, 2.05) is 12.1 Å². The van der Waals surface area contributed by atoms with Gasteiger partial charge in [-0.25, -0.2) is 8.78 Å². The van der Waals surface area contributed by atoms with Gasteiger partial charge in [-0.05, 0) is 36.6 Å². The van der Waals surface area contributed by atoms with Crippen LogP contribution in [0.25, 0.3) is 0 Å². The van der Waals surface area contributed by atoms with Gasteiger partial charge in [0.15, 0.2) is 0 Å². The zero-order valence-corrected chi connectivity index (χ0v) is 14.5. The van der Waals surface area contributed by atoms with Crippen molar-refractivity contribution in [3.05, 3.63) is 70.5 Å². The van der Waals surface area contributed by atoms with Crippen molar-refractivity contribution in [3.8, 4) is 0 Å². The fraction of sp³-hybridized carbons (Fsp3) is 0.350. The number of rotatable bonds is 5. The van der Waals surface area contributed by atoms with Gasteiger partial charge in [0.25, 0.3) is 5.91 Å². The summed E-state index contributed by atoms with van der Waals surface area (Å²) < 4.78 is 28.2. The third kappa shape index (κ3) is 4.19. The maximum atomic E-state index is 14.4. The quantitative estimate of drug-likeness (QED) is 0.751. The van der Waals surface area contributed by atoms with E-state index in [4.69, 9.17) is 0 Å². The number of hydrogen-bond acceptors (Lipinski definition) is 1. The largest absolute Gasteiger partial charge is 0.338 e. The smallest absolute Gasteiger partial charge is 0.253 e. The van der Waals surface area contributed by atoms with Crippen LogP contribution >= 0.6 is 0 Å². The van der Waals surface area contributed by atoms with E-state index in [1.54, 1.807) is 25.1 Å². The van der Waals surface area contributed by atoms with Crippen LogP contribution in [0, 0.1) is 12.7 Å². The van der Waals surface area contributed by atoms with Crippen LogP contribution in [0.4, 0.5) is 8.78 Å². The highest BCUT2D eigenvalue weighted by atomic mass is 19.1. The van der Waals surface area contributed by atoms with Gasteiger partial charge in [0.05, 0.1) is 6.54 Å². The summed E-state index contributed by atoms with van der Waals surface area (Å²) in [6, 6.07) is 11.6. The summed E-state index contributed by atoms with van der Waals surface area (Å²) in [7, 11) is 1.53. The molecule has 0 fully saturated rings. The molecule has 0 aliphatic rings. The molecule has 4 heteroatoms. The molecule has 1 unspecified atom stereocenters. The van der Waals surface area contributed by atoms with E-state index < -0.39 is 12.0 Å². The Balaban J connectivity index is 2.09. The van der Waals surface area contributed by atoms with Crippen molar-refractivity contribution in [2.45, 2.75) is 32.9 Å². The highest BCUT2D eigenvalue weighted by Crippen LogP contribution is 2.23. The number of halogens is 2. The number of carbonyl (C=O) groups is 1. The lowest BCUT2D eigenvalue weighted by Gasteiger charge is -2.20. The van der Waals surface area contributed by atoms with Gasteiger partial charge in [-0.3, -0.25) is 4.79 Å². The second-order valence-electron chi connectivity index (χ2n) is 6.45. The normalized spacial score (nSPS) is 12.3. The highest BCUT2D eigenvalue weighted by Gasteiger charge is 2.20. The Labute approximate surface area is 142 Å². The minimum atomic E-state index is -1.56. The Morgan fingerprint density at radius 3 is 2.33 bits per heavy atom. The molecule has 2 rings (SSSR count). The molecule has 0 aromatic heterocycles. The zero-order chi connectivity index (χ0) is 17.9. The highest BCUT2D eigenvalue weighted by molar-refractivity contribution is 5.94. The first kappa shape index (κ1) is 18.1. The summed E-state index contributed by atoms with van der Waals surface area (Å²) in [4.78, 5) is 13.7. The number of likely N-dealkylation sites (N-methyl/N-ethyl adjacent to an activating group) is 1. The lowest BCUT2D eigenvalue weighted by molar-refractivity contribution is 0.0754. The molecule has 0 heterocycles. The fourth-order valence-electron chi connectivity index (χ4n) is 2.56. The number of aryl methyl sites for hydroxylation is 1. The van der Waals surface area contributed by atoms with E-state index >= 15 is 0 Å².